The van der Waals surface area contributed by atoms with Crippen LogP contribution in [0.5, 0.6) is 5.75 Å². The second kappa shape index (κ2) is 5.11. The molecule has 2 aromatic carbocycles. The summed E-state index contributed by atoms with van der Waals surface area (Å²) in [7, 11) is 0. The van der Waals surface area contributed by atoms with Crippen molar-refractivity contribution >= 4 is 17.3 Å². The second-order valence-electron chi connectivity index (χ2n) is 3.91. The number of para-hydroxylation sites is 1. The number of hydrogen-bond donors (Lipinski definition) is 1. The number of ether oxygens (including phenoxy) is 1. The van der Waals surface area contributed by atoms with E-state index in [9.17, 15) is 0 Å². The van der Waals surface area contributed by atoms with E-state index in [-0.39, 0.29) is 0 Å². The molecule has 0 amide bonds. The highest BCUT2D eigenvalue weighted by atomic mass is 35.5. The van der Waals surface area contributed by atoms with E-state index in [0.717, 1.165) is 16.9 Å². The molecule has 2 rings (SSSR count). The number of nitrogens with two attached hydrogens (primary N) is 1. The van der Waals surface area contributed by atoms with Gasteiger partial charge in [-0.1, -0.05) is 29.8 Å². The Morgan fingerprint density at radius 3 is 2.71 bits per heavy atom. The molecule has 0 aliphatic carbocycles. The first-order chi connectivity index (χ1) is 8.16. The van der Waals surface area contributed by atoms with Gasteiger partial charge in [0.05, 0.1) is 0 Å². The molecule has 88 valence electrons. The molecular formula is C14H14ClNO. The maximum absolute atomic E-state index is 6.07. The topological polar surface area (TPSA) is 35.2 Å². The predicted molar refractivity (Wildman–Crippen MR) is 71.4 cm³/mol. The number of benzene rings is 2. The summed E-state index contributed by atoms with van der Waals surface area (Å²) >= 11 is 6.07. The van der Waals surface area contributed by atoms with Crippen LogP contribution in [0.4, 0.5) is 5.69 Å². The summed E-state index contributed by atoms with van der Waals surface area (Å²) in [5.41, 5.74) is 8.41. The zero-order chi connectivity index (χ0) is 12.3. The summed E-state index contributed by atoms with van der Waals surface area (Å²) < 4.78 is 5.72. The van der Waals surface area contributed by atoms with Gasteiger partial charge in [0, 0.05) is 16.3 Å². The number of hydrogen-bond acceptors (Lipinski definition) is 2. The van der Waals surface area contributed by atoms with Crippen molar-refractivity contribution in [2.75, 3.05) is 5.73 Å². The van der Waals surface area contributed by atoms with Crippen LogP contribution in [0.3, 0.4) is 0 Å². The number of rotatable bonds is 3. The molecule has 0 aliphatic rings. The molecule has 0 unspecified atom stereocenters. The molecule has 0 heterocycles. The van der Waals surface area contributed by atoms with Crippen LogP contribution in [-0.4, -0.2) is 0 Å². The predicted octanol–water partition coefficient (Wildman–Crippen LogP) is 3.81. The molecule has 0 spiro atoms. The van der Waals surface area contributed by atoms with Gasteiger partial charge in [0.2, 0.25) is 0 Å². The molecule has 0 aliphatic heterocycles. The lowest BCUT2D eigenvalue weighted by molar-refractivity contribution is 0.304. The Bertz CT molecular complexity index is 525. The zero-order valence-corrected chi connectivity index (χ0v) is 10.4. The largest absolute Gasteiger partial charge is 0.489 e. The minimum Gasteiger partial charge on any atom is -0.489 e. The summed E-state index contributed by atoms with van der Waals surface area (Å²) in [4.78, 5) is 0. The van der Waals surface area contributed by atoms with Crippen LogP contribution in [0, 0.1) is 6.92 Å². The summed E-state index contributed by atoms with van der Waals surface area (Å²) in [6, 6.07) is 13.3. The highest BCUT2D eigenvalue weighted by Crippen LogP contribution is 2.22. The molecule has 0 bridgehead atoms. The third kappa shape index (κ3) is 2.92. The van der Waals surface area contributed by atoms with Crippen LogP contribution < -0.4 is 10.5 Å². The maximum Gasteiger partial charge on any atom is 0.122 e. The number of aryl methyl sites for hydroxylation is 1. The van der Waals surface area contributed by atoms with Gasteiger partial charge in [-0.3, -0.25) is 0 Å². The average molecular weight is 248 g/mol. The molecule has 0 aromatic heterocycles. The molecule has 3 heteroatoms. The minimum atomic E-state index is 0.425. The Kier molecular flexibility index (Phi) is 3.55. The first-order valence-corrected chi connectivity index (χ1v) is 5.77. The summed E-state index contributed by atoms with van der Waals surface area (Å²) in [5, 5.41) is 0.674. The van der Waals surface area contributed by atoms with Crippen molar-refractivity contribution in [3.05, 3.63) is 58.6 Å². The molecule has 2 nitrogen and oxygen atoms in total. The molecule has 0 saturated heterocycles. The monoisotopic (exact) mass is 247 g/mol. The summed E-state index contributed by atoms with van der Waals surface area (Å²) in [6.45, 7) is 2.44. The van der Waals surface area contributed by atoms with Crippen molar-refractivity contribution in [3.63, 3.8) is 0 Å². The highest BCUT2D eigenvalue weighted by Gasteiger charge is 2.03. The second-order valence-corrected chi connectivity index (χ2v) is 4.31. The molecule has 0 saturated carbocycles. The molecule has 0 atom stereocenters. The fourth-order valence-corrected chi connectivity index (χ4v) is 1.75. The Hall–Kier alpha value is -1.67. The van der Waals surface area contributed by atoms with Crippen molar-refractivity contribution in [2.45, 2.75) is 13.5 Å². The zero-order valence-electron chi connectivity index (χ0n) is 9.61. The van der Waals surface area contributed by atoms with Crippen LogP contribution in [0.15, 0.2) is 42.5 Å². The lowest BCUT2D eigenvalue weighted by Crippen LogP contribution is -1.98. The van der Waals surface area contributed by atoms with Gasteiger partial charge in [0.25, 0.3) is 0 Å². The van der Waals surface area contributed by atoms with Crippen LogP contribution in [0.2, 0.25) is 5.02 Å². The van der Waals surface area contributed by atoms with Crippen LogP contribution in [0.25, 0.3) is 0 Å². The van der Waals surface area contributed by atoms with Crippen LogP contribution in [0.1, 0.15) is 11.1 Å². The average Bonchev–Trinajstić information content (AvgIpc) is 2.32. The third-order valence-electron chi connectivity index (χ3n) is 2.55. The van der Waals surface area contributed by atoms with Crippen molar-refractivity contribution < 1.29 is 4.74 Å². The Morgan fingerprint density at radius 2 is 1.94 bits per heavy atom. The molecule has 2 aromatic rings. The van der Waals surface area contributed by atoms with E-state index in [4.69, 9.17) is 22.1 Å². The van der Waals surface area contributed by atoms with E-state index in [2.05, 4.69) is 0 Å². The van der Waals surface area contributed by atoms with Crippen molar-refractivity contribution in [3.8, 4) is 5.75 Å². The van der Waals surface area contributed by atoms with Gasteiger partial charge in [-0.05, 0) is 36.8 Å². The summed E-state index contributed by atoms with van der Waals surface area (Å²) in [5.74, 6) is 0.867. The Morgan fingerprint density at radius 1 is 1.18 bits per heavy atom. The van der Waals surface area contributed by atoms with E-state index in [1.54, 1.807) is 12.1 Å². The highest BCUT2D eigenvalue weighted by molar-refractivity contribution is 6.31. The minimum absolute atomic E-state index is 0.425. The Balaban J connectivity index is 2.12. The quantitative estimate of drug-likeness (QED) is 0.837. The number of nitrogen functional groups attached to an aromatic ring is 1. The first-order valence-electron chi connectivity index (χ1n) is 5.39. The van der Waals surface area contributed by atoms with E-state index < -0.39 is 0 Å². The van der Waals surface area contributed by atoms with Gasteiger partial charge in [-0.25, -0.2) is 0 Å². The van der Waals surface area contributed by atoms with E-state index in [1.165, 1.54) is 0 Å². The van der Waals surface area contributed by atoms with E-state index in [0.29, 0.717) is 17.3 Å². The smallest absolute Gasteiger partial charge is 0.122 e. The van der Waals surface area contributed by atoms with Gasteiger partial charge >= 0.3 is 0 Å². The fourth-order valence-electron chi connectivity index (χ4n) is 1.58. The maximum atomic E-state index is 6.07. The van der Waals surface area contributed by atoms with Crippen molar-refractivity contribution in [1.29, 1.82) is 0 Å². The van der Waals surface area contributed by atoms with Crippen molar-refractivity contribution in [1.82, 2.24) is 0 Å². The van der Waals surface area contributed by atoms with Crippen molar-refractivity contribution in [2.24, 2.45) is 0 Å². The van der Waals surface area contributed by atoms with Gasteiger partial charge in [0.15, 0.2) is 0 Å². The van der Waals surface area contributed by atoms with Gasteiger partial charge < -0.3 is 10.5 Å². The SMILES string of the molecule is Cc1ccccc1OCc1cc(N)ccc1Cl. The van der Waals surface area contributed by atoms with Crippen LogP contribution in [-0.2, 0) is 6.61 Å². The summed E-state index contributed by atoms with van der Waals surface area (Å²) in [6.07, 6.45) is 0. The van der Waals surface area contributed by atoms with Gasteiger partial charge in [0.1, 0.15) is 12.4 Å². The van der Waals surface area contributed by atoms with E-state index in [1.807, 2.05) is 37.3 Å². The molecule has 17 heavy (non-hydrogen) atoms. The first kappa shape index (κ1) is 11.8. The fraction of sp³-hybridized carbons (Fsp3) is 0.143. The molecular weight excluding hydrogens is 234 g/mol. The van der Waals surface area contributed by atoms with Gasteiger partial charge in [-0.2, -0.15) is 0 Å². The normalized spacial score (nSPS) is 10.2. The number of anilines is 1. The lowest BCUT2D eigenvalue weighted by atomic mass is 10.2. The lowest BCUT2D eigenvalue weighted by Gasteiger charge is -2.10. The molecule has 0 radical (unpaired) electrons. The van der Waals surface area contributed by atoms with E-state index >= 15 is 0 Å². The van der Waals surface area contributed by atoms with Gasteiger partial charge in [-0.15, -0.1) is 0 Å². The third-order valence-corrected chi connectivity index (χ3v) is 2.92. The standard InChI is InChI=1S/C14H14ClNO/c1-10-4-2-3-5-14(10)17-9-11-8-12(16)6-7-13(11)15/h2-8H,9,16H2,1H3. The molecule has 2 N–H and O–H groups in total. The molecule has 0 fully saturated rings. The number of halogens is 1. The Labute approximate surface area is 106 Å². The van der Waals surface area contributed by atoms with Crippen LogP contribution >= 0.6 is 11.6 Å².